The zero-order valence-electron chi connectivity index (χ0n) is 10.5. The molecule has 0 aromatic heterocycles. The molecule has 17 heavy (non-hydrogen) atoms. The third-order valence-corrected chi connectivity index (χ3v) is 2.75. The topological polar surface area (TPSA) is 27.7 Å². The van der Waals surface area contributed by atoms with Gasteiger partial charge in [-0.05, 0) is 36.5 Å². The van der Waals surface area contributed by atoms with Crippen LogP contribution in [0.4, 0.5) is 0 Å². The fourth-order valence-electron chi connectivity index (χ4n) is 1.44. The first-order chi connectivity index (χ1) is 8.21. The van der Waals surface area contributed by atoms with Crippen LogP contribution in [0, 0.1) is 0 Å². The minimum Gasteiger partial charge on any atom is -0.389 e. The lowest BCUT2D eigenvalue weighted by atomic mass is 10.1. The summed E-state index contributed by atoms with van der Waals surface area (Å²) < 4.78 is 13.8. The molecule has 0 N–H and O–H groups in total. The van der Waals surface area contributed by atoms with Gasteiger partial charge in [-0.25, -0.2) is 0 Å². The van der Waals surface area contributed by atoms with Crippen molar-refractivity contribution >= 4 is 18.9 Å². The van der Waals surface area contributed by atoms with Gasteiger partial charge in [0.1, 0.15) is 0 Å². The first-order valence-electron chi connectivity index (χ1n) is 5.55. The molecule has 1 aliphatic carbocycles. The number of hydrogen-bond donors (Lipinski definition) is 0. The van der Waals surface area contributed by atoms with Crippen LogP contribution in [0.1, 0.15) is 24.3 Å². The lowest BCUT2D eigenvalue weighted by molar-refractivity contribution is 0.163. The third kappa shape index (κ3) is 5.55. The Balaban J connectivity index is 0.000000185. The fraction of sp³-hybridized carbons (Fsp3) is 0.500. The molecule has 5 heteroatoms. The van der Waals surface area contributed by atoms with Crippen LogP contribution in [0.25, 0.3) is 0 Å². The molecule has 0 spiro atoms. The molecule has 1 saturated carbocycles. The molecule has 0 bridgehead atoms. The molecule has 0 saturated heterocycles. The molecule has 1 aliphatic rings. The second kappa shape index (κ2) is 7.72. The molecule has 0 unspecified atom stereocenters. The Bertz CT molecular complexity index is 305. The van der Waals surface area contributed by atoms with E-state index in [0.717, 1.165) is 10.9 Å². The average Bonchev–Trinajstić information content (AvgIpc) is 3.17. The van der Waals surface area contributed by atoms with Crippen molar-refractivity contribution < 1.29 is 14.0 Å². The Labute approximate surface area is 108 Å². The van der Waals surface area contributed by atoms with E-state index in [9.17, 15) is 0 Å². The number of benzene rings is 1. The van der Waals surface area contributed by atoms with Crippen LogP contribution in [-0.2, 0) is 14.0 Å². The van der Waals surface area contributed by atoms with Gasteiger partial charge in [-0.2, -0.15) is 0 Å². The number of hydrogen-bond acceptors (Lipinski definition) is 3. The highest BCUT2D eigenvalue weighted by Crippen LogP contribution is 2.40. The zero-order valence-corrected chi connectivity index (χ0v) is 11.2. The van der Waals surface area contributed by atoms with E-state index in [1.165, 1.54) is 39.7 Å². The Morgan fingerprint density at radius 2 is 1.47 bits per heavy atom. The van der Waals surface area contributed by atoms with Crippen molar-refractivity contribution in [3.8, 4) is 0 Å². The molecule has 1 aromatic rings. The minimum atomic E-state index is -0.514. The molecule has 1 fully saturated rings. The number of halogens is 1. The Morgan fingerprint density at radius 3 is 1.76 bits per heavy atom. The van der Waals surface area contributed by atoms with Crippen LogP contribution in [0.15, 0.2) is 24.3 Å². The maximum Gasteiger partial charge on any atom is 0.638 e. The fourth-order valence-corrected chi connectivity index (χ4v) is 1.57. The van der Waals surface area contributed by atoms with Crippen LogP contribution >= 0.6 is 11.6 Å². The monoisotopic (exact) mass is 256 g/mol. The van der Waals surface area contributed by atoms with Gasteiger partial charge >= 0.3 is 7.32 Å². The van der Waals surface area contributed by atoms with E-state index < -0.39 is 7.32 Å². The van der Waals surface area contributed by atoms with Gasteiger partial charge < -0.3 is 14.0 Å². The smallest absolute Gasteiger partial charge is 0.389 e. The van der Waals surface area contributed by atoms with Crippen LogP contribution in [0.2, 0.25) is 5.02 Å². The van der Waals surface area contributed by atoms with Gasteiger partial charge in [0.05, 0.1) is 0 Å². The van der Waals surface area contributed by atoms with Crippen LogP contribution in [-0.4, -0.2) is 28.7 Å². The van der Waals surface area contributed by atoms with Gasteiger partial charge in [-0.3, -0.25) is 0 Å². The molecule has 94 valence electrons. The maximum absolute atomic E-state index is 5.74. The molecular weight excluding hydrogens is 238 g/mol. The van der Waals surface area contributed by atoms with E-state index >= 15 is 0 Å². The Morgan fingerprint density at radius 1 is 1.00 bits per heavy atom. The summed E-state index contributed by atoms with van der Waals surface area (Å²) in [7, 11) is 4.02. The van der Waals surface area contributed by atoms with E-state index in [1.54, 1.807) is 0 Å². The highest BCUT2D eigenvalue weighted by atomic mass is 35.5. The van der Waals surface area contributed by atoms with Crippen LogP contribution in [0.5, 0.6) is 0 Å². The van der Waals surface area contributed by atoms with Crippen molar-refractivity contribution in [2.45, 2.75) is 18.8 Å². The molecule has 0 radical (unpaired) electrons. The highest BCUT2D eigenvalue weighted by Gasteiger charge is 2.22. The maximum atomic E-state index is 5.74. The molecule has 3 nitrogen and oxygen atoms in total. The summed E-state index contributed by atoms with van der Waals surface area (Å²) in [6, 6.07) is 8.18. The molecule has 1 aromatic carbocycles. The van der Waals surface area contributed by atoms with Crippen molar-refractivity contribution in [3.63, 3.8) is 0 Å². The average molecular weight is 257 g/mol. The van der Waals surface area contributed by atoms with Crippen LogP contribution in [0.3, 0.4) is 0 Å². The summed E-state index contributed by atoms with van der Waals surface area (Å²) in [4.78, 5) is 0. The van der Waals surface area contributed by atoms with Gasteiger partial charge in [-0.15, -0.1) is 0 Å². The summed E-state index contributed by atoms with van der Waals surface area (Å²) in [6.45, 7) is 0. The minimum absolute atomic E-state index is 0.514. The second-order valence-electron chi connectivity index (χ2n) is 3.82. The van der Waals surface area contributed by atoms with Gasteiger partial charge in [0.15, 0.2) is 0 Å². The standard InChI is InChI=1S/C9H9Cl.C3H9BO3/c10-9-5-3-8(4-6-9)7-1-2-7;1-5-4(6-2)7-3/h3-7H,1-2H2;1-3H3. The Kier molecular flexibility index (Phi) is 6.59. The summed E-state index contributed by atoms with van der Waals surface area (Å²) in [5.74, 6) is 0.845. The zero-order chi connectivity index (χ0) is 12.7. The second-order valence-corrected chi connectivity index (χ2v) is 4.26. The van der Waals surface area contributed by atoms with Gasteiger partial charge in [0, 0.05) is 26.4 Å². The SMILES string of the molecule is COB(OC)OC.Clc1ccc(C2CC2)cc1. The van der Waals surface area contributed by atoms with Crippen molar-refractivity contribution in [3.05, 3.63) is 34.9 Å². The summed E-state index contributed by atoms with van der Waals surface area (Å²) in [5.41, 5.74) is 1.45. The first kappa shape index (κ1) is 14.5. The van der Waals surface area contributed by atoms with Crippen molar-refractivity contribution in [1.29, 1.82) is 0 Å². The lowest BCUT2D eigenvalue weighted by Crippen LogP contribution is -2.21. The summed E-state index contributed by atoms with van der Waals surface area (Å²) in [6.07, 6.45) is 2.73. The summed E-state index contributed by atoms with van der Waals surface area (Å²) >= 11 is 5.74. The normalized spacial score (nSPS) is 13.9. The molecular formula is C12H18BClO3. The first-order valence-corrected chi connectivity index (χ1v) is 5.93. The number of rotatable bonds is 4. The largest absolute Gasteiger partial charge is 0.638 e. The molecule has 0 heterocycles. The van der Waals surface area contributed by atoms with E-state index in [2.05, 4.69) is 26.1 Å². The molecule has 0 aliphatic heterocycles. The van der Waals surface area contributed by atoms with E-state index in [1.807, 2.05) is 12.1 Å². The van der Waals surface area contributed by atoms with E-state index in [4.69, 9.17) is 11.6 Å². The lowest BCUT2D eigenvalue weighted by Gasteiger charge is -2.01. The van der Waals surface area contributed by atoms with Gasteiger partial charge in [0.2, 0.25) is 0 Å². The van der Waals surface area contributed by atoms with Crippen molar-refractivity contribution in [2.75, 3.05) is 21.3 Å². The third-order valence-electron chi connectivity index (χ3n) is 2.50. The Hall–Kier alpha value is -0.545. The molecule has 2 rings (SSSR count). The van der Waals surface area contributed by atoms with Crippen molar-refractivity contribution in [2.24, 2.45) is 0 Å². The van der Waals surface area contributed by atoms with E-state index in [0.29, 0.717) is 0 Å². The van der Waals surface area contributed by atoms with Crippen LogP contribution < -0.4 is 0 Å². The summed E-state index contributed by atoms with van der Waals surface area (Å²) in [5, 5.41) is 0.837. The van der Waals surface area contributed by atoms with Crippen molar-refractivity contribution in [1.82, 2.24) is 0 Å². The van der Waals surface area contributed by atoms with E-state index in [-0.39, 0.29) is 0 Å². The predicted octanol–water partition coefficient (Wildman–Crippen LogP) is 3.13. The molecule has 0 atom stereocenters. The van der Waals surface area contributed by atoms with Gasteiger partial charge in [-0.1, -0.05) is 23.7 Å². The molecule has 0 amide bonds. The predicted molar refractivity (Wildman–Crippen MR) is 70.2 cm³/mol. The highest BCUT2D eigenvalue weighted by molar-refractivity contribution is 6.36. The quantitative estimate of drug-likeness (QED) is 0.775. The van der Waals surface area contributed by atoms with Gasteiger partial charge in [0.25, 0.3) is 0 Å².